The summed E-state index contributed by atoms with van der Waals surface area (Å²) in [7, 11) is 0. The normalized spacial score (nSPS) is 16.8. The van der Waals surface area contributed by atoms with Crippen LogP contribution in [0, 0.1) is 6.92 Å². The summed E-state index contributed by atoms with van der Waals surface area (Å²) in [5.74, 6) is -0.377. The van der Waals surface area contributed by atoms with E-state index in [-0.39, 0.29) is 23.1 Å². The van der Waals surface area contributed by atoms with E-state index >= 15 is 0 Å². The molecule has 0 aliphatic heterocycles. The van der Waals surface area contributed by atoms with Crippen molar-refractivity contribution < 1.29 is 4.79 Å². The molecule has 1 amide bonds. The van der Waals surface area contributed by atoms with Gasteiger partial charge in [0.2, 0.25) is 0 Å². The Hall–Kier alpha value is -2.96. The highest BCUT2D eigenvalue weighted by atomic mass is 16.2. The van der Waals surface area contributed by atoms with Gasteiger partial charge in [-0.25, -0.2) is 4.98 Å². The first-order valence-electron chi connectivity index (χ1n) is 7.93. The number of rotatable bonds is 2. The molecular weight excluding hydrogens is 306 g/mol. The molecule has 2 N–H and O–H groups in total. The number of carbonyl (C=O) groups is 1. The number of amides is 1. The molecule has 24 heavy (non-hydrogen) atoms. The largest absolute Gasteiger partial charge is 0.349 e. The Kier molecular flexibility index (Phi) is 3.41. The molecule has 0 saturated heterocycles. The molecule has 0 bridgehead atoms. The standard InChI is InChI=1S/C17H17N5O2/c1-10-3-2-4-15-18-9-13(17(24)22(10)15)16(23)20-12-6-5-11-8-19-21-14(11)7-12/h2-4,8-9,12H,5-7H2,1H3,(H,19,21)(H,20,23)/t12-/m0/s1. The van der Waals surface area contributed by atoms with Gasteiger partial charge in [-0.1, -0.05) is 6.07 Å². The van der Waals surface area contributed by atoms with Crippen molar-refractivity contribution in [1.82, 2.24) is 24.9 Å². The second kappa shape index (κ2) is 5.59. The molecule has 122 valence electrons. The first-order valence-corrected chi connectivity index (χ1v) is 7.93. The summed E-state index contributed by atoms with van der Waals surface area (Å²) in [6.07, 6.45) is 5.58. The Balaban J connectivity index is 1.61. The molecule has 0 radical (unpaired) electrons. The molecule has 1 aliphatic rings. The van der Waals surface area contributed by atoms with Gasteiger partial charge in [0.15, 0.2) is 0 Å². The van der Waals surface area contributed by atoms with Crippen molar-refractivity contribution >= 4 is 11.6 Å². The number of aryl methyl sites for hydroxylation is 2. The molecule has 0 fully saturated rings. The summed E-state index contributed by atoms with van der Waals surface area (Å²) in [6.45, 7) is 1.82. The van der Waals surface area contributed by atoms with Crippen LogP contribution in [0.5, 0.6) is 0 Å². The Labute approximate surface area is 137 Å². The topological polar surface area (TPSA) is 92.2 Å². The van der Waals surface area contributed by atoms with Gasteiger partial charge in [0, 0.05) is 30.0 Å². The lowest BCUT2D eigenvalue weighted by Gasteiger charge is -2.22. The van der Waals surface area contributed by atoms with Crippen LogP contribution in [0.4, 0.5) is 0 Å². The third kappa shape index (κ3) is 2.38. The number of aromatic amines is 1. The summed E-state index contributed by atoms with van der Waals surface area (Å²) in [5, 5.41) is 9.95. The smallest absolute Gasteiger partial charge is 0.270 e. The van der Waals surface area contributed by atoms with Crippen LogP contribution < -0.4 is 10.9 Å². The molecule has 0 spiro atoms. The summed E-state index contributed by atoms with van der Waals surface area (Å²) in [5.41, 5.74) is 3.26. The van der Waals surface area contributed by atoms with Crippen LogP contribution in [-0.2, 0) is 12.8 Å². The number of aromatic nitrogens is 4. The van der Waals surface area contributed by atoms with Gasteiger partial charge in [0.1, 0.15) is 11.2 Å². The van der Waals surface area contributed by atoms with E-state index in [0.717, 1.165) is 24.2 Å². The Morgan fingerprint density at radius 2 is 2.25 bits per heavy atom. The van der Waals surface area contributed by atoms with E-state index in [2.05, 4.69) is 20.5 Å². The number of nitrogens with zero attached hydrogens (tertiary/aromatic N) is 3. The second-order valence-corrected chi connectivity index (χ2v) is 6.12. The Morgan fingerprint density at radius 1 is 1.38 bits per heavy atom. The van der Waals surface area contributed by atoms with E-state index in [1.54, 1.807) is 6.07 Å². The first kappa shape index (κ1) is 14.6. The van der Waals surface area contributed by atoms with Gasteiger partial charge in [0.25, 0.3) is 11.5 Å². The maximum Gasteiger partial charge on any atom is 0.270 e. The minimum Gasteiger partial charge on any atom is -0.349 e. The van der Waals surface area contributed by atoms with E-state index in [1.165, 1.54) is 16.2 Å². The number of nitrogens with one attached hydrogen (secondary N) is 2. The number of fused-ring (bicyclic) bond motifs is 2. The van der Waals surface area contributed by atoms with Crippen LogP contribution in [0.15, 0.2) is 35.4 Å². The first-order chi connectivity index (χ1) is 11.6. The molecule has 3 aromatic heterocycles. The zero-order chi connectivity index (χ0) is 16.7. The van der Waals surface area contributed by atoms with E-state index in [9.17, 15) is 9.59 Å². The van der Waals surface area contributed by atoms with Gasteiger partial charge in [-0.15, -0.1) is 0 Å². The van der Waals surface area contributed by atoms with Gasteiger partial charge < -0.3 is 5.32 Å². The highest BCUT2D eigenvalue weighted by Gasteiger charge is 2.23. The van der Waals surface area contributed by atoms with Gasteiger partial charge in [-0.05, 0) is 37.5 Å². The molecular formula is C17H17N5O2. The molecule has 3 heterocycles. The average Bonchev–Trinajstić information content (AvgIpc) is 3.02. The summed E-state index contributed by atoms with van der Waals surface area (Å²) in [6, 6.07) is 5.39. The van der Waals surface area contributed by atoms with Gasteiger partial charge in [-0.2, -0.15) is 5.10 Å². The Bertz CT molecular complexity index is 988. The zero-order valence-corrected chi connectivity index (χ0v) is 13.2. The zero-order valence-electron chi connectivity index (χ0n) is 13.2. The van der Waals surface area contributed by atoms with Crippen molar-refractivity contribution in [2.45, 2.75) is 32.2 Å². The van der Waals surface area contributed by atoms with Crippen LogP contribution in [0.2, 0.25) is 0 Å². The number of carbonyl (C=O) groups excluding carboxylic acids is 1. The fourth-order valence-corrected chi connectivity index (χ4v) is 3.22. The number of H-pyrrole nitrogens is 1. The highest BCUT2D eigenvalue weighted by Crippen LogP contribution is 2.19. The highest BCUT2D eigenvalue weighted by molar-refractivity contribution is 5.94. The van der Waals surface area contributed by atoms with Gasteiger partial charge in [-0.3, -0.25) is 19.1 Å². The van der Waals surface area contributed by atoms with Crippen LogP contribution in [0.25, 0.3) is 5.65 Å². The molecule has 0 saturated carbocycles. The fraction of sp³-hybridized carbons (Fsp3) is 0.294. The van der Waals surface area contributed by atoms with Crippen LogP contribution >= 0.6 is 0 Å². The minimum atomic E-state index is -0.377. The van der Waals surface area contributed by atoms with E-state index in [4.69, 9.17) is 0 Å². The third-order valence-electron chi connectivity index (χ3n) is 4.52. The summed E-state index contributed by atoms with van der Waals surface area (Å²) >= 11 is 0. The lowest BCUT2D eigenvalue weighted by atomic mass is 9.93. The number of hydrogen-bond acceptors (Lipinski definition) is 4. The van der Waals surface area contributed by atoms with Crippen molar-refractivity contribution in [3.63, 3.8) is 0 Å². The SMILES string of the molecule is Cc1cccc2ncc(C(=O)N[C@H]3CCc4cn[nH]c4C3)c(=O)n12. The molecule has 4 rings (SSSR count). The van der Waals surface area contributed by atoms with Crippen LogP contribution in [-0.4, -0.2) is 31.5 Å². The van der Waals surface area contributed by atoms with Crippen molar-refractivity contribution in [3.8, 4) is 0 Å². The van der Waals surface area contributed by atoms with Crippen LogP contribution in [0.3, 0.4) is 0 Å². The predicted molar refractivity (Wildman–Crippen MR) is 88.1 cm³/mol. The lowest BCUT2D eigenvalue weighted by molar-refractivity contribution is 0.0931. The molecule has 7 nitrogen and oxygen atoms in total. The predicted octanol–water partition coefficient (Wildman–Crippen LogP) is 1.01. The second-order valence-electron chi connectivity index (χ2n) is 6.12. The summed E-state index contributed by atoms with van der Waals surface area (Å²) < 4.78 is 1.46. The van der Waals surface area contributed by atoms with E-state index in [0.29, 0.717) is 12.1 Å². The molecule has 3 aromatic rings. The summed E-state index contributed by atoms with van der Waals surface area (Å²) in [4.78, 5) is 29.4. The lowest BCUT2D eigenvalue weighted by Crippen LogP contribution is -2.41. The van der Waals surface area contributed by atoms with Crippen molar-refractivity contribution in [3.05, 3.63) is 63.5 Å². The molecule has 1 atom stereocenters. The van der Waals surface area contributed by atoms with Gasteiger partial charge >= 0.3 is 0 Å². The number of pyridine rings is 1. The van der Waals surface area contributed by atoms with Gasteiger partial charge in [0.05, 0.1) is 6.20 Å². The fourth-order valence-electron chi connectivity index (χ4n) is 3.22. The van der Waals surface area contributed by atoms with Crippen molar-refractivity contribution in [2.75, 3.05) is 0 Å². The van der Waals surface area contributed by atoms with Crippen molar-refractivity contribution in [1.29, 1.82) is 0 Å². The van der Waals surface area contributed by atoms with E-state index in [1.807, 2.05) is 25.3 Å². The maximum atomic E-state index is 12.6. The minimum absolute atomic E-state index is 0.0117. The molecule has 1 aliphatic carbocycles. The molecule has 0 aromatic carbocycles. The van der Waals surface area contributed by atoms with Crippen LogP contribution in [0.1, 0.15) is 33.7 Å². The molecule has 0 unspecified atom stereocenters. The van der Waals surface area contributed by atoms with Crippen molar-refractivity contribution in [2.24, 2.45) is 0 Å². The third-order valence-corrected chi connectivity index (χ3v) is 4.52. The quantitative estimate of drug-likeness (QED) is 0.736. The van der Waals surface area contributed by atoms with E-state index < -0.39 is 0 Å². The monoisotopic (exact) mass is 323 g/mol. The molecule has 7 heteroatoms. The average molecular weight is 323 g/mol. The Morgan fingerprint density at radius 3 is 3.12 bits per heavy atom. The number of hydrogen-bond donors (Lipinski definition) is 2. The maximum absolute atomic E-state index is 12.6.